The number of benzene rings is 3. The number of hydrogen-bond donors (Lipinski definition) is 0. The van der Waals surface area contributed by atoms with Crippen LogP contribution in [0.2, 0.25) is 0 Å². The summed E-state index contributed by atoms with van der Waals surface area (Å²) in [6, 6.07) is 23.8. The van der Waals surface area contributed by atoms with Crippen LogP contribution in [0.5, 0.6) is 5.75 Å². The van der Waals surface area contributed by atoms with Crippen molar-refractivity contribution in [2.45, 2.75) is 20.0 Å². The fourth-order valence-electron chi connectivity index (χ4n) is 3.00. The molecule has 0 N–H and O–H groups in total. The number of aryl methyl sites for hydroxylation is 2. The van der Waals surface area contributed by atoms with Crippen molar-refractivity contribution in [1.29, 1.82) is 0 Å². The zero-order chi connectivity index (χ0) is 19.1. The molecule has 4 heteroatoms. The summed E-state index contributed by atoms with van der Waals surface area (Å²) < 4.78 is 11.0. The maximum atomic E-state index is 5.88. The van der Waals surface area contributed by atoms with E-state index in [4.69, 9.17) is 9.47 Å². The van der Waals surface area contributed by atoms with Crippen LogP contribution >= 0.6 is 17.2 Å². The molecule has 0 bridgehead atoms. The molecule has 0 aliphatic heterocycles. The molecular weight excluding hydrogens is 370 g/mol. The van der Waals surface area contributed by atoms with Crippen LogP contribution in [0, 0.1) is 13.8 Å². The third-order valence-electron chi connectivity index (χ3n) is 4.41. The molecule has 0 fully saturated rings. The maximum Gasteiger partial charge on any atom is 0.188 e. The molecule has 27 heavy (non-hydrogen) atoms. The molecule has 3 aromatic rings. The summed E-state index contributed by atoms with van der Waals surface area (Å²) in [6.45, 7) is 4.58. The zero-order valence-electron chi connectivity index (χ0n) is 16.1. The van der Waals surface area contributed by atoms with Crippen LogP contribution < -0.4 is 20.7 Å². The molecule has 0 heterocycles. The van der Waals surface area contributed by atoms with Crippen LogP contribution in [0.15, 0.2) is 66.7 Å². The van der Waals surface area contributed by atoms with Crippen molar-refractivity contribution >= 4 is 33.1 Å². The van der Waals surface area contributed by atoms with Gasteiger partial charge in [-0.1, -0.05) is 83.9 Å². The average molecular weight is 396 g/mol. The van der Waals surface area contributed by atoms with E-state index in [0.717, 1.165) is 26.1 Å². The summed E-state index contributed by atoms with van der Waals surface area (Å²) >= 11 is 0. The molecule has 0 saturated heterocycles. The summed E-state index contributed by atoms with van der Waals surface area (Å²) in [5, 5.41) is 4.09. The molecule has 3 aromatic carbocycles. The smallest absolute Gasteiger partial charge is 0.188 e. The van der Waals surface area contributed by atoms with Gasteiger partial charge in [0.25, 0.3) is 0 Å². The first kappa shape index (κ1) is 20.0. The summed E-state index contributed by atoms with van der Waals surface area (Å²) in [6.07, 6.45) is 1.08. The van der Waals surface area contributed by atoms with E-state index in [1.807, 2.05) is 0 Å². The molecule has 0 radical (unpaired) electrons. The first-order valence-corrected chi connectivity index (χ1v) is 11.3. The lowest BCUT2D eigenvalue weighted by molar-refractivity contribution is 0.0514. The Morgan fingerprint density at radius 3 is 2.33 bits per heavy atom. The van der Waals surface area contributed by atoms with Crippen LogP contribution in [0.3, 0.4) is 0 Å². The first-order chi connectivity index (χ1) is 13.2. The van der Waals surface area contributed by atoms with Gasteiger partial charge >= 0.3 is 0 Å². The van der Waals surface area contributed by atoms with Gasteiger partial charge in [0, 0.05) is 12.4 Å². The normalized spacial score (nSPS) is 11.7. The highest BCUT2D eigenvalue weighted by Gasteiger charge is 2.12. The van der Waals surface area contributed by atoms with E-state index in [1.54, 1.807) is 7.11 Å². The molecule has 2 nitrogen and oxygen atoms in total. The number of rotatable bonds is 8. The van der Waals surface area contributed by atoms with Gasteiger partial charge in [0.2, 0.25) is 0 Å². The molecule has 0 amide bonds. The van der Waals surface area contributed by atoms with Crippen molar-refractivity contribution in [3.8, 4) is 5.75 Å². The molecule has 0 aromatic heterocycles. The van der Waals surface area contributed by atoms with Crippen LogP contribution in [0.25, 0.3) is 0 Å². The van der Waals surface area contributed by atoms with Crippen molar-refractivity contribution in [3.05, 3.63) is 83.4 Å². The van der Waals surface area contributed by atoms with Crippen LogP contribution in [-0.2, 0) is 10.9 Å². The second-order valence-corrected chi connectivity index (χ2v) is 9.03. The minimum atomic E-state index is 0.276. The Morgan fingerprint density at radius 2 is 1.56 bits per heavy atom. The zero-order valence-corrected chi connectivity index (χ0v) is 18.1. The summed E-state index contributed by atoms with van der Waals surface area (Å²) in [5.41, 5.74) is 3.94. The Labute approximate surface area is 165 Å². The topological polar surface area (TPSA) is 18.5 Å². The van der Waals surface area contributed by atoms with Gasteiger partial charge in [-0.3, -0.25) is 0 Å². The fraction of sp³-hybridized carbons (Fsp3) is 0.217. The van der Waals surface area contributed by atoms with Gasteiger partial charge in [-0.25, -0.2) is 0 Å². The second kappa shape index (κ2) is 10.00. The lowest BCUT2D eigenvalue weighted by Gasteiger charge is -2.17. The quantitative estimate of drug-likeness (QED) is 0.415. The first-order valence-electron chi connectivity index (χ1n) is 9.05. The molecule has 0 aliphatic carbocycles. The largest absolute Gasteiger partial charge is 0.467 e. The summed E-state index contributed by atoms with van der Waals surface area (Å²) in [7, 11) is 3.01. The van der Waals surface area contributed by atoms with Crippen molar-refractivity contribution < 1.29 is 9.47 Å². The number of para-hydroxylation sites is 1. The Kier molecular flexibility index (Phi) is 7.41. The predicted molar refractivity (Wildman–Crippen MR) is 121 cm³/mol. The van der Waals surface area contributed by atoms with Crippen LogP contribution in [-0.4, -0.2) is 13.9 Å². The number of hydrogen-bond acceptors (Lipinski definition) is 2. The Hall–Kier alpha value is -1.72. The minimum Gasteiger partial charge on any atom is -0.467 e. The van der Waals surface area contributed by atoms with Crippen molar-refractivity contribution in [3.63, 3.8) is 0 Å². The highest BCUT2D eigenvalue weighted by molar-refractivity contribution is 7.56. The molecule has 2 unspecified atom stereocenters. The van der Waals surface area contributed by atoms with Gasteiger partial charge in [-0.15, -0.1) is 0 Å². The number of methoxy groups -OCH3 is 1. The minimum absolute atomic E-state index is 0.276. The van der Waals surface area contributed by atoms with Crippen molar-refractivity contribution in [1.82, 2.24) is 0 Å². The molecule has 0 spiro atoms. The Bertz CT molecular complexity index is 879. The van der Waals surface area contributed by atoms with Crippen LogP contribution in [0.1, 0.15) is 16.7 Å². The maximum absolute atomic E-state index is 5.88. The van der Waals surface area contributed by atoms with Gasteiger partial charge in [0.05, 0.1) is 0 Å². The highest BCUT2D eigenvalue weighted by atomic mass is 31.1. The van der Waals surface area contributed by atoms with E-state index in [1.165, 1.54) is 27.0 Å². The molecule has 3 rings (SSSR count). The van der Waals surface area contributed by atoms with Gasteiger partial charge < -0.3 is 9.47 Å². The lowest BCUT2D eigenvalue weighted by atomic mass is 10.1. The number of ether oxygens (including phenoxy) is 2. The van der Waals surface area contributed by atoms with Crippen LogP contribution in [0.4, 0.5) is 0 Å². The van der Waals surface area contributed by atoms with E-state index in [2.05, 4.69) is 80.6 Å². The molecule has 140 valence electrons. The van der Waals surface area contributed by atoms with E-state index in [0.29, 0.717) is 8.58 Å². The monoisotopic (exact) mass is 396 g/mol. The molecule has 2 atom stereocenters. The van der Waals surface area contributed by atoms with E-state index < -0.39 is 0 Å². The third kappa shape index (κ3) is 5.39. The predicted octanol–water partition coefficient (Wildman–Crippen LogP) is 4.42. The third-order valence-corrected chi connectivity index (χ3v) is 7.34. The second-order valence-electron chi connectivity index (χ2n) is 6.46. The summed E-state index contributed by atoms with van der Waals surface area (Å²) in [5.74, 6) is 0.956. The summed E-state index contributed by atoms with van der Waals surface area (Å²) in [4.78, 5) is 0. The molecule has 0 aliphatic rings. The lowest BCUT2D eigenvalue weighted by Crippen LogP contribution is -2.15. The van der Waals surface area contributed by atoms with Gasteiger partial charge in [-0.05, 0) is 47.3 Å². The average Bonchev–Trinajstić information content (AvgIpc) is 2.69. The fourth-order valence-corrected chi connectivity index (χ4v) is 5.74. The highest BCUT2D eigenvalue weighted by Crippen LogP contribution is 2.28. The molecular formula is C23H26O2P2. The van der Waals surface area contributed by atoms with Gasteiger partial charge in [0.15, 0.2) is 6.79 Å². The standard InChI is InChI=1S/C23H26O2P2/c1-17-9-8-14-21(22(17)25-16-24-3)27-23-18(2)10-7-11-19(23)15-26-20-12-5-4-6-13-20/h4-14,26-27H,15-16H2,1-3H3. The van der Waals surface area contributed by atoms with Gasteiger partial charge in [-0.2, -0.15) is 0 Å². The Balaban J connectivity index is 1.86. The van der Waals surface area contributed by atoms with E-state index in [-0.39, 0.29) is 6.79 Å². The Morgan fingerprint density at radius 1 is 0.815 bits per heavy atom. The van der Waals surface area contributed by atoms with E-state index >= 15 is 0 Å². The van der Waals surface area contributed by atoms with Gasteiger partial charge in [0.1, 0.15) is 5.75 Å². The van der Waals surface area contributed by atoms with E-state index in [9.17, 15) is 0 Å². The van der Waals surface area contributed by atoms with Crippen molar-refractivity contribution in [2.24, 2.45) is 0 Å². The van der Waals surface area contributed by atoms with Crippen molar-refractivity contribution in [2.75, 3.05) is 13.9 Å². The molecule has 0 saturated carbocycles. The SMILES string of the molecule is COCOc1c(C)cccc1Pc1c(C)cccc1CPc1ccccc1.